The first-order valence-corrected chi connectivity index (χ1v) is 10.7. The molecule has 0 aromatic carbocycles. The van der Waals surface area contributed by atoms with E-state index in [1.807, 2.05) is 20.8 Å². The molecule has 4 unspecified atom stereocenters. The van der Waals surface area contributed by atoms with Crippen LogP contribution in [0.1, 0.15) is 59.8 Å². The molecular formula is C21H35N3O3. The summed E-state index contributed by atoms with van der Waals surface area (Å²) in [6, 6.07) is 0.477. The molecule has 27 heavy (non-hydrogen) atoms. The number of rotatable bonds is 3. The second-order valence-corrected chi connectivity index (χ2v) is 9.72. The first-order valence-electron chi connectivity index (χ1n) is 10.7. The van der Waals surface area contributed by atoms with E-state index in [2.05, 4.69) is 17.1 Å². The van der Waals surface area contributed by atoms with Crippen LogP contribution in [0, 0.1) is 17.3 Å². The maximum Gasteiger partial charge on any atom is 0.311 e. The monoisotopic (exact) mass is 377 g/mol. The number of likely N-dealkylation sites (tertiary alicyclic amines) is 1. The number of fused-ring (bicyclic) bond motifs is 2. The number of hydrogen-bond donors (Lipinski definition) is 1. The van der Waals surface area contributed by atoms with Gasteiger partial charge >= 0.3 is 5.97 Å². The van der Waals surface area contributed by atoms with Crippen LogP contribution in [0.25, 0.3) is 0 Å². The SMILES string of the molecule is CCN=C(NC1C2CCOC2C12CCC2)N1CCC(C(=O)OC(C)(C)C)C1. The van der Waals surface area contributed by atoms with Crippen molar-refractivity contribution >= 4 is 11.9 Å². The number of guanidine groups is 1. The molecule has 6 heteroatoms. The zero-order valence-electron chi connectivity index (χ0n) is 17.3. The van der Waals surface area contributed by atoms with Crippen molar-refractivity contribution in [3.05, 3.63) is 0 Å². The van der Waals surface area contributed by atoms with Crippen LogP contribution in [0.15, 0.2) is 4.99 Å². The van der Waals surface area contributed by atoms with E-state index in [-0.39, 0.29) is 11.9 Å². The molecule has 152 valence electrons. The summed E-state index contributed by atoms with van der Waals surface area (Å²) in [4.78, 5) is 19.5. The summed E-state index contributed by atoms with van der Waals surface area (Å²) in [6.45, 7) is 11.1. The maximum absolute atomic E-state index is 12.5. The summed E-state index contributed by atoms with van der Waals surface area (Å²) in [7, 11) is 0. The van der Waals surface area contributed by atoms with Gasteiger partial charge in [0.25, 0.3) is 0 Å². The third kappa shape index (κ3) is 3.34. The quantitative estimate of drug-likeness (QED) is 0.465. The van der Waals surface area contributed by atoms with Gasteiger partial charge in [-0.3, -0.25) is 9.79 Å². The van der Waals surface area contributed by atoms with Gasteiger partial charge in [-0.15, -0.1) is 0 Å². The Morgan fingerprint density at radius 2 is 2.11 bits per heavy atom. The van der Waals surface area contributed by atoms with Gasteiger partial charge in [0.05, 0.1) is 12.0 Å². The number of esters is 1. The van der Waals surface area contributed by atoms with Crippen LogP contribution in [-0.2, 0) is 14.3 Å². The van der Waals surface area contributed by atoms with Crippen molar-refractivity contribution in [3.8, 4) is 0 Å². The van der Waals surface area contributed by atoms with Gasteiger partial charge in [-0.2, -0.15) is 0 Å². The Kier molecular flexibility index (Phi) is 4.90. The van der Waals surface area contributed by atoms with Crippen molar-refractivity contribution in [1.29, 1.82) is 0 Å². The highest BCUT2D eigenvalue weighted by atomic mass is 16.6. The summed E-state index contributed by atoms with van der Waals surface area (Å²) >= 11 is 0. The van der Waals surface area contributed by atoms with Crippen molar-refractivity contribution in [3.63, 3.8) is 0 Å². The second-order valence-electron chi connectivity index (χ2n) is 9.72. The van der Waals surface area contributed by atoms with Crippen LogP contribution < -0.4 is 5.32 Å². The van der Waals surface area contributed by atoms with Gasteiger partial charge in [0.2, 0.25) is 0 Å². The molecule has 1 spiro atoms. The number of carbonyl (C=O) groups is 1. The number of hydrogen-bond acceptors (Lipinski definition) is 4. The van der Waals surface area contributed by atoms with Gasteiger partial charge in [0, 0.05) is 43.6 Å². The molecule has 0 aromatic rings. The average Bonchev–Trinajstić information content (AvgIpc) is 3.16. The fourth-order valence-electron chi connectivity index (χ4n) is 5.51. The Morgan fingerprint density at radius 3 is 2.74 bits per heavy atom. The molecule has 0 bridgehead atoms. The predicted molar refractivity (Wildman–Crippen MR) is 105 cm³/mol. The molecule has 4 atom stereocenters. The van der Waals surface area contributed by atoms with E-state index in [9.17, 15) is 4.79 Å². The molecule has 2 heterocycles. The van der Waals surface area contributed by atoms with E-state index in [4.69, 9.17) is 14.5 Å². The Bertz CT molecular complexity index is 608. The van der Waals surface area contributed by atoms with Crippen molar-refractivity contribution < 1.29 is 14.3 Å². The topological polar surface area (TPSA) is 63.2 Å². The highest BCUT2D eigenvalue weighted by Crippen LogP contribution is 2.62. The first kappa shape index (κ1) is 19.0. The third-order valence-corrected chi connectivity index (χ3v) is 6.86. The lowest BCUT2D eigenvalue weighted by Gasteiger charge is -2.63. The van der Waals surface area contributed by atoms with Crippen molar-refractivity contribution in [2.45, 2.75) is 77.5 Å². The molecule has 2 saturated heterocycles. The molecule has 2 aliphatic carbocycles. The minimum atomic E-state index is -0.427. The van der Waals surface area contributed by atoms with Crippen LogP contribution in [0.3, 0.4) is 0 Å². The molecule has 2 aliphatic heterocycles. The van der Waals surface area contributed by atoms with E-state index in [1.54, 1.807) is 0 Å². The third-order valence-electron chi connectivity index (χ3n) is 6.86. The first-order chi connectivity index (χ1) is 12.8. The molecule has 4 rings (SSSR count). The molecule has 2 saturated carbocycles. The normalized spacial score (nSPS) is 34.8. The zero-order chi connectivity index (χ0) is 19.2. The molecule has 0 aromatic heterocycles. The Hall–Kier alpha value is -1.30. The summed E-state index contributed by atoms with van der Waals surface area (Å²) in [5, 5.41) is 3.81. The predicted octanol–water partition coefficient (Wildman–Crippen LogP) is 2.57. The lowest BCUT2D eigenvalue weighted by molar-refractivity contribution is -0.171. The summed E-state index contributed by atoms with van der Waals surface area (Å²) < 4.78 is 11.6. The van der Waals surface area contributed by atoms with Gasteiger partial charge in [-0.25, -0.2) is 0 Å². The van der Waals surface area contributed by atoms with E-state index in [0.717, 1.165) is 38.5 Å². The molecule has 0 amide bonds. The van der Waals surface area contributed by atoms with Gasteiger partial charge < -0.3 is 19.7 Å². The summed E-state index contributed by atoms with van der Waals surface area (Å²) in [5.41, 5.74) is -0.0942. The van der Waals surface area contributed by atoms with E-state index in [0.29, 0.717) is 30.0 Å². The largest absolute Gasteiger partial charge is 0.460 e. The van der Waals surface area contributed by atoms with Gasteiger partial charge in [0.15, 0.2) is 5.96 Å². The van der Waals surface area contributed by atoms with Crippen molar-refractivity contribution in [2.24, 2.45) is 22.2 Å². The minimum absolute atomic E-state index is 0.0605. The molecule has 6 nitrogen and oxygen atoms in total. The van der Waals surface area contributed by atoms with Gasteiger partial charge in [-0.05, 0) is 53.4 Å². The van der Waals surface area contributed by atoms with Crippen LogP contribution in [-0.4, -0.2) is 60.8 Å². The van der Waals surface area contributed by atoms with Gasteiger partial charge in [-0.1, -0.05) is 6.42 Å². The van der Waals surface area contributed by atoms with E-state index < -0.39 is 5.60 Å². The van der Waals surface area contributed by atoms with Crippen molar-refractivity contribution in [1.82, 2.24) is 10.2 Å². The number of carbonyl (C=O) groups excluding carboxylic acids is 1. The fraction of sp³-hybridized carbons (Fsp3) is 0.905. The summed E-state index contributed by atoms with van der Waals surface area (Å²) in [6.07, 6.45) is 6.31. The smallest absolute Gasteiger partial charge is 0.311 e. The fourth-order valence-corrected chi connectivity index (χ4v) is 5.51. The molecular weight excluding hydrogens is 342 g/mol. The zero-order valence-corrected chi connectivity index (χ0v) is 17.3. The van der Waals surface area contributed by atoms with Crippen LogP contribution >= 0.6 is 0 Å². The molecule has 0 radical (unpaired) electrons. The van der Waals surface area contributed by atoms with Gasteiger partial charge in [0.1, 0.15) is 5.60 Å². The molecule has 4 aliphatic rings. The lowest BCUT2D eigenvalue weighted by atomic mass is 9.46. The van der Waals surface area contributed by atoms with E-state index in [1.165, 1.54) is 19.3 Å². The highest BCUT2D eigenvalue weighted by Gasteiger charge is 2.67. The lowest BCUT2D eigenvalue weighted by Crippen LogP contribution is -2.72. The van der Waals surface area contributed by atoms with E-state index >= 15 is 0 Å². The second kappa shape index (κ2) is 6.94. The number of aliphatic imine (C=N–C) groups is 1. The Labute approximate surface area is 163 Å². The van der Waals surface area contributed by atoms with Crippen molar-refractivity contribution in [2.75, 3.05) is 26.2 Å². The highest BCUT2D eigenvalue weighted by molar-refractivity contribution is 5.82. The number of nitrogens with zero attached hydrogens (tertiary/aromatic N) is 2. The molecule has 4 fully saturated rings. The van der Waals surface area contributed by atoms with Crippen LogP contribution in [0.2, 0.25) is 0 Å². The number of ether oxygens (including phenoxy) is 2. The number of nitrogens with one attached hydrogen (secondary N) is 1. The molecule has 1 N–H and O–H groups in total. The standard InChI is InChI=1S/C21H35N3O3/c1-5-22-19(24-11-7-14(13-24)18(25)27-20(2,3)4)23-16-15-8-12-26-17(15)21(16)9-6-10-21/h14-17H,5-13H2,1-4H3,(H,22,23). The Balaban J connectivity index is 1.40. The Morgan fingerprint density at radius 1 is 1.33 bits per heavy atom. The van der Waals surface area contributed by atoms with Crippen LogP contribution in [0.5, 0.6) is 0 Å². The van der Waals surface area contributed by atoms with Crippen LogP contribution in [0.4, 0.5) is 0 Å². The average molecular weight is 378 g/mol. The summed E-state index contributed by atoms with van der Waals surface area (Å²) in [5.74, 6) is 1.46. The minimum Gasteiger partial charge on any atom is -0.460 e. The maximum atomic E-state index is 12.5.